The second-order valence-electron chi connectivity index (χ2n) is 5.42. The molecule has 9 heteroatoms. The summed E-state index contributed by atoms with van der Waals surface area (Å²) in [6, 6.07) is 0.958. The Bertz CT molecular complexity index is 605. The molecule has 0 saturated carbocycles. The quantitative estimate of drug-likeness (QED) is 0.739. The summed E-state index contributed by atoms with van der Waals surface area (Å²) in [6.07, 6.45) is -3.36. The van der Waals surface area contributed by atoms with Crippen LogP contribution < -0.4 is 0 Å². The lowest BCUT2D eigenvalue weighted by Gasteiger charge is -2.37. The van der Waals surface area contributed by atoms with E-state index >= 15 is 0 Å². The Morgan fingerprint density at radius 1 is 1.22 bits per heavy atom. The van der Waals surface area contributed by atoms with Gasteiger partial charge < -0.3 is 14.4 Å². The molecule has 1 amide bonds. The summed E-state index contributed by atoms with van der Waals surface area (Å²) in [4.78, 5) is 16.6. The molecule has 0 bridgehead atoms. The fourth-order valence-electron chi connectivity index (χ4n) is 2.81. The Kier molecular flexibility index (Phi) is 4.01. The van der Waals surface area contributed by atoms with Gasteiger partial charge in [-0.1, -0.05) is 0 Å². The van der Waals surface area contributed by atoms with Gasteiger partial charge in [0.25, 0.3) is 5.91 Å². The van der Waals surface area contributed by atoms with Crippen molar-refractivity contribution < 1.29 is 31.8 Å². The maximum Gasteiger partial charge on any atom is 0.436 e. The molecule has 5 nitrogen and oxygen atoms in total. The van der Waals surface area contributed by atoms with Gasteiger partial charge in [0.1, 0.15) is 0 Å². The van der Waals surface area contributed by atoms with E-state index in [1.165, 1.54) is 4.90 Å². The fourth-order valence-corrected chi connectivity index (χ4v) is 2.81. The number of carbonyl (C=O) groups is 1. The molecule has 3 heterocycles. The van der Waals surface area contributed by atoms with Crippen LogP contribution in [0.4, 0.5) is 17.6 Å². The highest BCUT2D eigenvalue weighted by Gasteiger charge is 2.42. The van der Waals surface area contributed by atoms with E-state index in [0.29, 0.717) is 26.1 Å². The Hall–Kier alpha value is -1.74. The van der Waals surface area contributed by atoms with Gasteiger partial charge in [0.05, 0.1) is 18.8 Å². The highest BCUT2D eigenvalue weighted by atomic mass is 19.4. The van der Waals surface area contributed by atoms with Crippen LogP contribution >= 0.6 is 0 Å². The first kappa shape index (κ1) is 16.1. The van der Waals surface area contributed by atoms with Crippen LogP contribution in [0.5, 0.6) is 0 Å². The number of piperidine rings is 1. The number of rotatable bonds is 1. The Balaban J connectivity index is 1.77. The number of halogens is 4. The summed E-state index contributed by atoms with van der Waals surface area (Å²) in [5.41, 5.74) is -2.31. The molecule has 2 aliphatic rings. The Morgan fingerprint density at radius 3 is 2.39 bits per heavy atom. The first-order chi connectivity index (χ1) is 10.8. The van der Waals surface area contributed by atoms with E-state index in [0.717, 1.165) is 12.3 Å². The van der Waals surface area contributed by atoms with Gasteiger partial charge in [0, 0.05) is 32.1 Å². The number of carbonyl (C=O) groups excluding carboxylic acids is 1. The van der Waals surface area contributed by atoms with Crippen LogP contribution in [0, 0.1) is 5.82 Å². The first-order valence-electron chi connectivity index (χ1n) is 7.11. The molecule has 0 aromatic carbocycles. The fraction of sp³-hybridized carbons (Fsp3) is 0.571. The van der Waals surface area contributed by atoms with E-state index in [1.54, 1.807) is 0 Å². The lowest BCUT2D eigenvalue weighted by atomic mass is 10.0. The molecule has 0 aliphatic carbocycles. The van der Waals surface area contributed by atoms with Crippen LogP contribution in [0.3, 0.4) is 0 Å². The van der Waals surface area contributed by atoms with E-state index in [2.05, 4.69) is 4.98 Å². The van der Waals surface area contributed by atoms with Crippen molar-refractivity contribution in [3.8, 4) is 0 Å². The van der Waals surface area contributed by atoms with Crippen molar-refractivity contribution >= 4 is 5.91 Å². The highest BCUT2D eigenvalue weighted by Crippen LogP contribution is 2.33. The number of amides is 1. The summed E-state index contributed by atoms with van der Waals surface area (Å²) >= 11 is 0. The molecule has 0 N–H and O–H groups in total. The van der Waals surface area contributed by atoms with E-state index in [1.807, 2.05) is 0 Å². The maximum absolute atomic E-state index is 14.0. The van der Waals surface area contributed by atoms with Crippen LogP contribution in [-0.2, 0) is 15.7 Å². The van der Waals surface area contributed by atoms with Crippen molar-refractivity contribution in [2.75, 3.05) is 26.3 Å². The maximum atomic E-state index is 14.0. The zero-order valence-corrected chi connectivity index (χ0v) is 12.0. The van der Waals surface area contributed by atoms with Crippen LogP contribution in [-0.4, -0.2) is 47.9 Å². The molecule has 2 fully saturated rings. The van der Waals surface area contributed by atoms with Gasteiger partial charge in [-0.2, -0.15) is 13.2 Å². The van der Waals surface area contributed by atoms with Crippen molar-refractivity contribution in [2.24, 2.45) is 0 Å². The predicted octanol–water partition coefficient (Wildman–Crippen LogP) is 2.22. The zero-order chi connectivity index (χ0) is 16.7. The lowest BCUT2D eigenvalue weighted by molar-refractivity contribution is -0.181. The van der Waals surface area contributed by atoms with Crippen molar-refractivity contribution in [1.29, 1.82) is 0 Å². The van der Waals surface area contributed by atoms with Gasteiger partial charge >= 0.3 is 6.18 Å². The van der Waals surface area contributed by atoms with Crippen molar-refractivity contribution in [3.63, 3.8) is 0 Å². The third kappa shape index (κ3) is 3.02. The summed E-state index contributed by atoms with van der Waals surface area (Å²) < 4.78 is 63.0. The number of nitrogens with zero attached hydrogens (tertiary/aromatic N) is 2. The number of aromatic nitrogens is 1. The molecule has 2 saturated heterocycles. The topological polar surface area (TPSA) is 51.7 Å². The summed E-state index contributed by atoms with van der Waals surface area (Å²) in [5, 5.41) is 0. The number of likely N-dealkylation sites (tertiary alicyclic amines) is 1. The first-order valence-corrected chi connectivity index (χ1v) is 7.11. The monoisotopic (exact) mass is 334 g/mol. The molecule has 0 unspecified atom stereocenters. The normalized spacial score (nSPS) is 21.0. The smallest absolute Gasteiger partial charge is 0.347 e. The van der Waals surface area contributed by atoms with E-state index < -0.39 is 34.9 Å². The molecule has 126 valence electrons. The average molecular weight is 334 g/mol. The molecular formula is C14H14F4N2O3. The number of hydrogen-bond donors (Lipinski definition) is 0. The molecule has 1 spiro atoms. The SMILES string of the molecule is O=C(c1ccnc(C(F)(F)F)c1F)N1CCC2(CC1)OCCO2. The van der Waals surface area contributed by atoms with Crippen molar-refractivity contribution in [1.82, 2.24) is 9.88 Å². The lowest BCUT2D eigenvalue weighted by Crippen LogP contribution is -2.47. The second-order valence-corrected chi connectivity index (χ2v) is 5.42. The Labute approximate surface area is 129 Å². The van der Waals surface area contributed by atoms with E-state index in [9.17, 15) is 22.4 Å². The highest BCUT2D eigenvalue weighted by molar-refractivity contribution is 5.94. The number of pyridine rings is 1. The van der Waals surface area contributed by atoms with Crippen LogP contribution in [0.25, 0.3) is 0 Å². The van der Waals surface area contributed by atoms with Gasteiger partial charge in [-0.05, 0) is 6.07 Å². The Morgan fingerprint density at radius 2 is 1.83 bits per heavy atom. The molecule has 1 aromatic heterocycles. The third-order valence-corrected chi connectivity index (χ3v) is 4.01. The minimum atomic E-state index is -4.95. The van der Waals surface area contributed by atoms with Gasteiger partial charge in [-0.3, -0.25) is 4.79 Å². The number of hydrogen-bond acceptors (Lipinski definition) is 4. The van der Waals surface area contributed by atoms with Gasteiger partial charge in [0.15, 0.2) is 17.3 Å². The average Bonchev–Trinajstić information content (AvgIpc) is 2.95. The third-order valence-electron chi connectivity index (χ3n) is 4.01. The van der Waals surface area contributed by atoms with Gasteiger partial charge in [0.2, 0.25) is 0 Å². The molecule has 2 aliphatic heterocycles. The number of ether oxygens (including phenoxy) is 2. The molecule has 0 atom stereocenters. The van der Waals surface area contributed by atoms with Crippen LogP contribution in [0.1, 0.15) is 28.9 Å². The minimum Gasteiger partial charge on any atom is -0.347 e. The van der Waals surface area contributed by atoms with Crippen molar-refractivity contribution in [3.05, 3.63) is 29.3 Å². The van der Waals surface area contributed by atoms with E-state index in [-0.39, 0.29) is 13.1 Å². The standard InChI is InChI=1S/C14H14F4N2O3/c15-10-9(1-4-19-11(10)14(16,17)18)12(21)20-5-2-13(3-6-20)22-7-8-23-13/h1,4H,2-3,5-8H2. The predicted molar refractivity (Wildman–Crippen MR) is 69.0 cm³/mol. The van der Waals surface area contributed by atoms with Gasteiger partial charge in [-0.25, -0.2) is 9.37 Å². The zero-order valence-electron chi connectivity index (χ0n) is 12.0. The van der Waals surface area contributed by atoms with Crippen LogP contribution in [0.2, 0.25) is 0 Å². The van der Waals surface area contributed by atoms with Crippen molar-refractivity contribution in [2.45, 2.75) is 24.8 Å². The number of alkyl halides is 3. The summed E-state index contributed by atoms with van der Waals surface area (Å²) in [5.74, 6) is -3.15. The molecule has 3 rings (SSSR count). The molecular weight excluding hydrogens is 320 g/mol. The van der Waals surface area contributed by atoms with Crippen LogP contribution in [0.15, 0.2) is 12.3 Å². The summed E-state index contributed by atoms with van der Waals surface area (Å²) in [6.45, 7) is 1.40. The molecule has 1 aromatic rings. The summed E-state index contributed by atoms with van der Waals surface area (Å²) in [7, 11) is 0. The van der Waals surface area contributed by atoms with E-state index in [4.69, 9.17) is 9.47 Å². The largest absolute Gasteiger partial charge is 0.436 e. The van der Waals surface area contributed by atoms with Gasteiger partial charge in [-0.15, -0.1) is 0 Å². The molecule has 23 heavy (non-hydrogen) atoms. The molecule has 0 radical (unpaired) electrons. The second kappa shape index (κ2) is 5.72. The minimum absolute atomic E-state index is 0.224.